The van der Waals surface area contributed by atoms with E-state index in [1.807, 2.05) is 13.8 Å². The van der Waals surface area contributed by atoms with Crippen molar-refractivity contribution >= 4 is 18.3 Å². The molecular formula is C11H20ClN3O. The fourth-order valence-corrected chi connectivity index (χ4v) is 1.85. The normalized spacial score (nSPS) is 23.1. The predicted molar refractivity (Wildman–Crippen MR) is 65.0 cm³/mol. The Hall–Kier alpha value is -0.790. The summed E-state index contributed by atoms with van der Waals surface area (Å²) in [6, 6.07) is 1.44. The number of hydrogen-bond acceptors (Lipinski definition) is 3. The van der Waals surface area contributed by atoms with Crippen LogP contribution in [0.2, 0.25) is 0 Å². The van der Waals surface area contributed by atoms with E-state index in [1.54, 1.807) is 4.90 Å². The molecule has 0 aromatic carbocycles. The largest absolute Gasteiger partial charge is 0.325 e. The first-order valence-corrected chi connectivity index (χ1v) is 5.57. The molecule has 1 heterocycles. The molecule has 1 aliphatic heterocycles. The van der Waals surface area contributed by atoms with E-state index < -0.39 is 6.04 Å². The maximum atomic E-state index is 12.0. The Bertz CT molecular complexity index is 277. The molecule has 1 aliphatic rings. The van der Waals surface area contributed by atoms with Gasteiger partial charge in [-0.2, -0.15) is 5.26 Å². The lowest BCUT2D eigenvalue weighted by atomic mass is 9.99. The topological polar surface area (TPSA) is 70.1 Å². The van der Waals surface area contributed by atoms with Gasteiger partial charge in [0, 0.05) is 6.54 Å². The summed E-state index contributed by atoms with van der Waals surface area (Å²) in [6.45, 7) is 4.67. The lowest BCUT2D eigenvalue weighted by molar-refractivity contribution is -0.133. The number of hydrogen-bond donors (Lipinski definition) is 1. The maximum Gasteiger partial charge on any atom is 0.240 e. The highest BCUT2D eigenvalue weighted by Crippen LogP contribution is 2.19. The van der Waals surface area contributed by atoms with Gasteiger partial charge in [0.25, 0.3) is 0 Å². The van der Waals surface area contributed by atoms with Gasteiger partial charge in [-0.1, -0.05) is 20.3 Å². The van der Waals surface area contributed by atoms with Crippen LogP contribution in [0.25, 0.3) is 0 Å². The zero-order chi connectivity index (χ0) is 11.4. The van der Waals surface area contributed by atoms with Crippen molar-refractivity contribution in [1.82, 2.24) is 4.90 Å². The summed E-state index contributed by atoms with van der Waals surface area (Å²) >= 11 is 0. The van der Waals surface area contributed by atoms with Crippen LogP contribution in [0.3, 0.4) is 0 Å². The van der Waals surface area contributed by atoms with Gasteiger partial charge < -0.3 is 10.6 Å². The first-order chi connectivity index (χ1) is 7.11. The van der Waals surface area contributed by atoms with Gasteiger partial charge in [0.15, 0.2) is 0 Å². The second kappa shape index (κ2) is 6.72. The van der Waals surface area contributed by atoms with Gasteiger partial charge in [-0.05, 0) is 18.8 Å². The first-order valence-electron chi connectivity index (χ1n) is 5.57. The van der Waals surface area contributed by atoms with Crippen molar-refractivity contribution in [2.75, 3.05) is 6.54 Å². The van der Waals surface area contributed by atoms with Crippen molar-refractivity contribution in [1.29, 1.82) is 5.26 Å². The molecule has 0 spiro atoms. The van der Waals surface area contributed by atoms with Crippen molar-refractivity contribution in [2.24, 2.45) is 11.7 Å². The van der Waals surface area contributed by atoms with Gasteiger partial charge in [0.1, 0.15) is 6.04 Å². The Balaban J connectivity index is 0.00000225. The third-order valence-electron chi connectivity index (χ3n) is 3.23. The lowest BCUT2D eigenvalue weighted by Gasteiger charge is -2.26. The number of carbonyl (C=O) groups excluding carboxylic acids is 1. The molecule has 1 unspecified atom stereocenters. The Morgan fingerprint density at radius 3 is 2.81 bits per heavy atom. The number of nitrogens with zero attached hydrogens (tertiary/aromatic N) is 2. The second-order valence-corrected chi connectivity index (χ2v) is 4.23. The standard InChI is InChI=1S/C11H19N3O.ClH/c1-3-8(2)10(13)11(15)14-6-4-5-9(14)7-12;/h8-10H,3-6,13H2,1-2H3;1H/t8?,9-,10-;/m0./s1. The van der Waals surface area contributed by atoms with E-state index in [2.05, 4.69) is 6.07 Å². The molecular weight excluding hydrogens is 226 g/mol. The zero-order valence-corrected chi connectivity index (χ0v) is 10.7. The Kier molecular flexibility index (Phi) is 6.39. The van der Waals surface area contributed by atoms with E-state index >= 15 is 0 Å². The number of halogens is 1. The molecule has 1 rings (SSSR count). The zero-order valence-electron chi connectivity index (χ0n) is 9.85. The molecule has 3 atom stereocenters. The number of rotatable bonds is 3. The van der Waals surface area contributed by atoms with Gasteiger partial charge in [0.05, 0.1) is 12.1 Å². The van der Waals surface area contributed by atoms with E-state index in [4.69, 9.17) is 11.0 Å². The molecule has 0 aliphatic carbocycles. The number of nitriles is 1. The Morgan fingerprint density at radius 1 is 1.69 bits per heavy atom. The van der Waals surface area contributed by atoms with Gasteiger partial charge in [0.2, 0.25) is 5.91 Å². The van der Waals surface area contributed by atoms with Gasteiger partial charge >= 0.3 is 0 Å². The minimum Gasteiger partial charge on any atom is -0.325 e. The van der Waals surface area contributed by atoms with Crippen molar-refractivity contribution in [3.63, 3.8) is 0 Å². The molecule has 5 heteroatoms. The van der Waals surface area contributed by atoms with Crippen molar-refractivity contribution in [3.05, 3.63) is 0 Å². The summed E-state index contributed by atoms with van der Waals surface area (Å²) in [5.41, 5.74) is 5.87. The van der Waals surface area contributed by atoms with E-state index in [9.17, 15) is 4.79 Å². The van der Waals surface area contributed by atoms with Gasteiger partial charge in [-0.25, -0.2) is 0 Å². The molecule has 1 fully saturated rings. The van der Waals surface area contributed by atoms with Crippen LogP contribution in [0.1, 0.15) is 33.1 Å². The van der Waals surface area contributed by atoms with Crippen LogP contribution in [0.15, 0.2) is 0 Å². The molecule has 2 N–H and O–H groups in total. The number of amides is 1. The van der Waals surface area contributed by atoms with Gasteiger partial charge in [-0.15, -0.1) is 12.4 Å². The van der Waals surface area contributed by atoms with E-state index in [0.717, 1.165) is 19.3 Å². The third kappa shape index (κ3) is 3.10. The van der Waals surface area contributed by atoms with Crippen LogP contribution >= 0.6 is 12.4 Å². The van der Waals surface area contributed by atoms with Crippen LogP contribution in [-0.4, -0.2) is 29.4 Å². The van der Waals surface area contributed by atoms with Crippen LogP contribution in [-0.2, 0) is 4.79 Å². The molecule has 0 aromatic rings. The van der Waals surface area contributed by atoms with Crippen LogP contribution in [0, 0.1) is 17.2 Å². The molecule has 92 valence electrons. The smallest absolute Gasteiger partial charge is 0.240 e. The SMILES string of the molecule is CCC(C)[C@H](N)C(=O)N1CCC[C@H]1C#N.Cl. The number of likely N-dealkylation sites (tertiary alicyclic amines) is 1. The Morgan fingerprint density at radius 2 is 2.31 bits per heavy atom. The summed E-state index contributed by atoms with van der Waals surface area (Å²) < 4.78 is 0. The molecule has 0 saturated carbocycles. The highest BCUT2D eigenvalue weighted by molar-refractivity contribution is 5.85. The molecule has 16 heavy (non-hydrogen) atoms. The van der Waals surface area contributed by atoms with Gasteiger partial charge in [-0.3, -0.25) is 4.79 Å². The van der Waals surface area contributed by atoms with Crippen molar-refractivity contribution in [3.8, 4) is 6.07 Å². The summed E-state index contributed by atoms with van der Waals surface area (Å²) in [6.07, 6.45) is 2.59. The molecule has 1 amide bonds. The third-order valence-corrected chi connectivity index (χ3v) is 3.23. The van der Waals surface area contributed by atoms with E-state index in [1.165, 1.54) is 0 Å². The highest BCUT2D eigenvalue weighted by Gasteiger charge is 2.33. The molecule has 1 saturated heterocycles. The van der Waals surface area contributed by atoms with E-state index in [-0.39, 0.29) is 30.3 Å². The minimum atomic E-state index is -0.455. The Labute approximate surface area is 103 Å². The summed E-state index contributed by atoms with van der Waals surface area (Å²) in [5.74, 6) is 0.117. The van der Waals surface area contributed by atoms with E-state index in [0.29, 0.717) is 6.54 Å². The lowest BCUT2D eigenvalue weighted by Crippen LogP contribution is -2.48. The van der Waals surface area contributed by atoms with Crippen molar-refractivity contribution < 1.29 is 4.79 Å². The quantitative estimate of drug-likeness (QED) is 0.815. The summed E-state index contributed by atoms with van der Waals surface area (Å²) in [5, 5.41) is 8.88. The maximum absolute atomic E-state index is 12.0. The molecule has 0 radical (unpaired) electrons. The number of carbonyl (C=O) groups is 1. The average Bonchev–Trinajstić information content (AvgIpc) is 2.73. The monoisotopic (exact) mass is 245 g/mol. The molecule has 0 aromatic heterocycles. The van der Waals surface area contributed by atoms with Crippen molar-refractivity contribution in [2.45, 2.75) is 45.2 Å². The highest BCUT2D eigenvalue weighted by atomic mass is 35.5. The average molecular weight is 246 g/mol. The first kappa shape index (κ1) is 15.2. The minimum absolute atomic E-state index is 0. The number of nitrogens with two attached hydrogens (primary N) is 1. The second-order valence-electron chi connectivity index (χ2n) is 4.23. The van der Waals surface area contributed by atoms with Crippen LogP contribution in [0.5, 0.6) is 0 Å². The summed E-state index contributed by atoms with van der Waals surface area (Å²) in [4.78, 5) is 13.6. The fraction of sp³-hybridized carbons (Fsp3) is 0.818. The van der Waals surface area contributed by atoms with Crippen LogP contribution < -0.4 is 5.73 Å². The molecule has 4 nitrogen and oxygen atoms in total. The van der Waals surface area contributed by atoms with Crippen LogP contribution in [0.4, 0.5) is 0 Å². The summed E-state index contributed by atoms with van der Waals surface area (Å²) in [7, 11) is 0. The molecule has 0 bridgehead atoms. The fourth-order valence-electron chi connectivity index (χ4n) is 1.85. The predicted octanol–water partition coefficient (Wildman–Crippen LogP) is 1.30.